The quantitative estimate of drug-likeness (QED) is 0.418. The summed E-state index contributed by atoms with van der Waals surface area (Å²) < 4.78 is 15.9. The van der Waals surface area contributed by atoms with Crippen molar-refractivity contribution in [2.45, 2.75) is 13.2 Å². The summed E-state index contributed by atoms with van der Waals surface area (Å²) in [6, 6.07) is 10.7. The number of esters is 1. The molecular formula is C19H14N2O7. The zero-order chi connectivity index (χ0) is 19.7. The highest BCUT2D eigenvalue weighted by Gasteiger charge is 2.22. The van der Waals surface area contributed by atoms with E-state index in [1.54, 1.807) is 24.3 Å². The molecule has 0 amide bonds. The number of pyridine rings is 1. The summed E-state index contributed by atoms with van der Waals surface area (Å²) in [7, 11) is 0. The Morgan fingerprint density at radius 2 is 2.07 bits per heavy atom. The van der Waals surface area contributed by atoms with E-state index in [0.717, 1.165) is 6.07 Å². The van der Waals surface area contributed by atoms with Crippen LogP contribution in [0.4, 0.5) is 5.69 Å². The van der Waals surface area contributed by atoms with E-state index in [2.05, 4.69) is 4.98 Å². The minimum Gasteiger partial charge on any atom is -0.467 e. The molecule has 0 saturated carbocycles. The molecule has 2 aromatic carbocycles. The van der Waals surface area contributed by atoms with Crippen molar-refractivity contribution in [1.29, 1.82) is 0 Å². The number of hydrogen-bond donors (Lipinski definition) is 1. The number of aromatic amines is 1. The number of para-hydroxylation sites is 1. The van der Waals surface area contributed by atoms with Gasteiger partial charge in [0.2, 0.25) is 5.56 Å². The van der Waals surface area contributed by atoms with Crippen LogP contribution in [0.15, 0.2) is 47.3 Å². The summed E-state index contributed by atoms with van der Waals surface area (Å²) in [6.45, 7) is -0.0783. The molecule has 4 rings (SSSR count). The third kappa shape index (κ3) is 3.30. The number of fused-ring (bicyclic) bond motifs is 2. The first-order valence-electron chi connectivity index (χ1n) is 8.33. The second kappa shape index (κ2) is 7.12. The number of aromatic nitrogens is 1. The van der Waals surface area contributed by atoms with Gasteiger partial charge in [0, 0.05) is 40.2 Å². The lowest BCUT2D eigenvalue weighted by atomic mass is 10.1. The SMILES string of the molecule is O=C(OCc1cc([N+](=O)[O-])cc2c1OCOC2)c1cc(=O)[nH]c2ccccc12. The number of non-ortho nitro benzene ring substituents is 1. The van der Waals surface area contributed by atoms with Gasteiger partial charge in [-0.25, -0.2) is 4.79 Å². The molecule has 0 atom stereocenters. The molecule has 1 aliphatic heterocycles. The Hall–Kier alpha value is -3.72. The number of rotatable bonds is 4. The first kappa shape index (κ1) is 17.7. The van der Waals surface area contributed by atoms with E-state index in [0.29, 0.717) is 27.8 Å². The van der Waals surface area contributed by atoms with Gasteiger partial charge in [-0.1, -0.05) is 18.2 Å². The highest BCUT2D eigenvalue weighted by atomic mass is 16.7. The van der Waals surface area contributed by atoms with Gasteiger partial charge in [0.15, 0.2) is 6.79 Å². The molecule has 0 unspecified atom stereocenters. The minimum atomic E-state index is -0.713. The lowest BCUT2D eigenvalue weighted by Gasteiger charge is -2.20. The van der Waals surface area contributed by atoms with Crippen molar-refractivity contribution in [3.8, 4) is 5.75 Å². The monoisotopic (exact) mass is 382 g/mol. The smallest absolute Gasteiger partial charge is 0.339 e. The Labute approximate surface area is 157 Å². The number of H-pyrrole nitrogens is 1. The van der Waals surface area contributed by atoms with Gasteiger partial charge in [-0.3, -0.25) is 14.9 Å². The predicted octanol–water partition coefficient (Wildman–Crippen LogP) is 2.66. The van der Waals surface area contributed by atoms with Crippen molar-refractivity contribution < 1.29 is 23.9 Å². The molecule has 9 heteroatoms. The summed E-state index contributed by atoms with van der Waals surface area (Å²) >= 11 is 0. The number of nitrogens with one attached hydrogen (secondary N) is 1. The van der Waals surface area contributed by atoms with Gasteiger partial charge in [-0.05, 0) is 6.07 Å². The molecule has 0 aliphatic carbocycles. The Morgan fingerprint density at radius 1 is 1.25 bits per heavy atom. The normalized spacial score (nSPS) is 12.9. The number of nitrogens with zero attached hydrogens (tertiary/aromatic N) is 1. The lowest BCUT2D eigenvalue weighted by molar-refractivity contribution is -0.385. The maximum Gasteiger partial charge on any atom is 0.339 e. The number of nitro groups is 1. The minimum absolute atomic E-state index is 0.00442. The molecule has 0 saturated heterocycles. The Morgan fingerprint density at radius 3 is 2.89 bits per heavy atom. The van der Waals surface area contributed by atoms with Crippen molar-refractivity contribution in [3.63, 3.8) is 0 Å². The fourth-order valence-electron chi connectivity index (χ4n) is 3.09. The van der Waals surface area contributed by atoms with Crippen molar-refractivity contribution in [3.05, 3.63) is 79.6 Å². The molecule has 142 valence electrons. The maximum atomic E-state index is 12.6. The molecule has 9 nitrogen and oxygen atoms in total. The summed E-state index contributed by atoms with van der Waals surface area (Å²) in [5.74, 6) is -0.310. The molecule has 0 bridgehead atoms. The highest BCUT2D eigenvalue weighted by molar-refractivity contribution is 6.03. The van der Waals surface area contributed by atoms with Crippen LogP contribution in [-0.2, 0) is 22.7 Å². The van der Waals surface area contributed by atoms with Gasteiger partial charge in [-0.15, -0.1) is 0 Å². The standard InChI is InChI=1S/C19H14N2O7/c22-17-7-15(14-3-1-2-4-16(14)20-17)19(23)27-9-12-6-13(21(24)25)5-11-8-26-10-28-18(11)12/h1-7H,8-10H2,(H,20,22). The van der Waals surface area contributed by atoms with Gasteiger partial charge in [-0.2, -0.15) is 0 Å². The zero-order valence-corrected chi connectivity index (χ0v) is 14.5. The van der Waals surface area contributed by atoms with Gasteiger partial charge >= 0.3 is 5.97 Å². The topological polar surface area (TPSA) is 121 Å². The number of carbonyl (C=O) groups excluding carboxylic acids is 1. The average Bonchev–Trinajstić information content (AvgIpc) is 2.70. The number of nitro benzene ring substituents is 1. The largest absolute Gasteiger partial charge is 0.467 e. The van der Waals surface area contributed by atoms with Crippen molar-refractivity contribution >= 4 is 22.6 Å². The summed E-state index contributed by atoms with van der Waals surface area (Å²) in [5.41, 5.74) is 0.903. The van der Waals surface area contributed by atoms with Crippen molar-refractivity contribution in [2.24, 2.45) is 0 Å². The highest BCUT2D eigenvalue weighted by Crippen LogP contribution is 2.33. The Bertz CT molecular complexity index is 1150. The molecular weight excluding hydrogens is 368 g/mol. The van der Waals surface area contributed by atoms with E-state index < -0.39 is 16.5 Å². The fraction of sp³-hybridized carbons (Fsp3) is 0.158. The predicted molar refractivity (Wildman–Crippen MR) is 97.1 cm³/mol. The third-order valence-corrected chi connectivity index (χ3v) is 4.31. The van der Waals surface area contributed by atoms with Crippen molar-refractivity contribution in [1.82, 2.24) is 4.98 Å². The van der Waals surface area contributed by atoms with Crippen molar-refractivity contribution in [2.75, 3.05) is 6.79 Å². The van der Waals surface area contributed by atoms with Gasteiger partial charge in [0.25, 0.3) is 5.69 Å². The van der Waals surface area contributed by atoms with Gasteiger partial charge < -0.3 is 19.2 Å². The number of ether oxygens (including phenoxy) is 3. The Balaban J connectivity index is 1.65. The molecule has 2 heterocycles. The van der Waals surface area contributed by atoms with Crippen LogP contribution in [0.25, 0.3) is 10.9 Å². The lowest BCUT2D eigenvalue weighted by Crippen LogP contribution is -2.16. The number of hydrogen-bond acceptors (Lipinski definition) is 7. The van der Waals surface area contributed by atoms with E-state index in [9.17, 15) is 19.7 Å². The molecule has 28 heavy (non-hydrogen) atoms. The summed E-state index contributed by atoms with van der Waals surface area (Å²) in [6.07, 6.45) is 0. The number of carbonyl (C=O) groups is 1. The summed E-state index contributed by atoms with van der Waals surface area (Å²) in [4.78, 5) is 37.7. The molecule has 0 fully saturated rings. The van der Waals surface area contributed by atoms with Crippen LogP contribution in [-0.4, -0.2) is 22.7 Å². The molecule has 1 aromatic heterocycles. The van der Waals surface area contributed by atoms with Crippen LogP contribution in [0.1, 0.15) is 21.5 Å². The van der Waals surface area contributed by atoms with E-state index in [-0.39, 0.29) is 31.3 Å². The van der Waals surface area contributed by atoms with Gasteiger partial charge in [0.1, 0.15) is 12.4 Å². The van der Waals surface area contributed by atoms with E-state index in [1.165, 1.54) is 12.1 Å². The second-order valence-electron chi connectivity index (χ2n) is 6.13. The van der Waals surface area contributed by atoms with E-state index in [1.807, 2.05) is 0 Å². The Kier molecular flexibility index (Phi) is 4.50. The summed E-state index contributed by atoms with van der Waals surface area (Å²) in [5, 5.41) is 11.7. The first-order chi connectivity index (χ1) is 13.5. The van der Waals surface area contributed by atoms with E-state index in [4.69, 9.17) is 14.2 Å². The van der Waals surface area contributed by atoms with Crippen LogP contribution < -0.4 is 10.3 Å². The molecule has 0 spiro atoms. The molecule has 0 radical (unpaired) electrons. The van der Waals surface area contributed by atoms with Crippen LogP contribution in [0.3, 0.4) is 0 Å². The zero-order valence-electron chi connectivity index (χ0n) is 14.5. The van der Waals surface area contributed by atoms with Crippen LogP contribution in [0.5, 0.6) is 5.75 Å². The maximum absolute atomic E-state index is 12.6. The number of benzene rings is 2. The van der Waals surface area contributed by atoms with Crippen LogP contribution >= 0.6 is 0 Å². The molecule has 1 N–H and O–H groups in total. The third-order valence-electron chi connectivity index (χ3n) is 4.31. The first-order valence-corrected chi connectivity index (χ1v) is 8.33. The van der Waals surface area contributed by atoms with Crippen LogP contribution in [0.2, 0.25) is 0 Å². The second-order valence-corrected chi connectivity index (χ2v) is 6.13. The molecule has 1 aliphatic rings. The molecule has 3 aromatic rings. The fourth-order valence-corrected chi connectivity index (χ4v) is 3.09. The van der Waals surface area contributed by atoms with Gasteiger partial charge in [0.05, 0.1) is 17.1 Å². The van der Waals surface area contributed by atoms with E-state index >= 15 is 0 Å². The average molecular weight is 382 g/mol. The van der Waals surface area contributed by atoms with Crippen LogP contribution in [0, 0.1) is 10.1 Å².